The maximum atomic E-state index is 10.7. The van der Waals surface area contributed by atoms with E-state index in [2.05, 4.69) is 94.4 Å². The molecule has 0 bridgehead atoms. The lowest BCUT2D eigenvalue weighted by molar-refractivity contribution is -0.104. The van der Waals surface area contributed by atoms with E-state index in [-0.39, 0.29) is 5.04 Å². The SMILES string of the molecule is C/C(C=O)=C\CC/C(C)=C/CO[Si](c1ccccc1)(c1ccccc1)C(C)(C)C. The van der Waals surface area contributed by atoms with Crippen LogP contribution in [-0.2, 0) is 9.22 Å². The average Bonchev–Trinajstić information content (AvgIpc) is 2.71. The van der Waals surface area contributed by atoms with E-state index in [4.69, 9.17) is 4.43 Å². The number of hydrogen-bond donors (Lipinski definition) is 0. The minimum absolute atomic E-state index is 0.0126. The van der Waals surface area contributed by atoms with Gasteiger partial charge in [-0.15, -0.1) is 0 Å². The molecule has 0 aliphatic carbocycles. The zero-order valence-corrected chi connectivity index (χ0v) is 19.4. The van der Waals surface area contributed by atoms with Crippen LogP contribution in [0.3, 0.4) is 0 Å². The van der Waals surface area contributed by atoms with Gasteiger partial charge in [0.1, 0.15) is 6.29 Å². The predicted molar refractivity (Wildman–Crippen MR) is 126 cm³/mol. The standard InChI is InChI=1S/C26H34O2Si/c1-22(13-12-14-23(2)21-27)19-20-28-29(26(3,4)5,24-15-8-6-9-16-24)25-17-10-7-11-18-25/h6-11,14-19,21H,12-13,20H2,1-5H3/b22-19+,23-14+. The molecule has 2 rings (SSSR count). The Morgan fingerprint density at radius 2 is 1.41 bits per heavy atom. The second kappa shape index (κ2) is 10.5. The van der Waals surface area contributed by atoms with Crippen LogP contribution in [-0.4, -0.2) is 21.2 Å². The smallest absolute Gasteiger partial charge is 0.261 e. The van der Waals surface area contributed by atoms with Crippen molar-refractivity contribution in [1.29, 1.82) is 0 Å². The van der Waals surface area contributed by atoms with Crippen molar-refractivity contribution in [3.8, 4) is 0 Å². The molecule has 2 nitrogen and oxygen atoms in total. The van der Waals surface area contributed by atoms with Crippen molar-refractivity contribution in [2.75, 3.05) is 6.61 Å². The molecule has 0 aromatic heterocycles. The minimum Gasteiger partial charge on any atom is -0.404 e. The van der Waals surface area contributed by atoms with Gasteiger partial charge in [0, 0.05) is 0 Å². The summed E-state index contributed by atoms with van der Waals surface area (Å²) in [5.74, 6) is 0. The summed E-state index contributed by atoms with van der Waals surface area (Å²) in [5, 5.41) is 2.59. The second-order valence-electron chi connectivity index (χ2n) is 8.63. The first-order valence-corrected chi connectivity index (χ1v) is 12.2. The topological polar surface area (TPSA) is 26.3 Å². The van der Waals surface area contributed by atoms with Crippen molar-refractivity contribution in [3.05, 3.63) is 84.0 Å². The quantitative estimate of drug-likeness (QED) is 0.240. The van der Waals surface area contributed by atoms with Crippen molar-refractivity contribution >= 4 is 25.0 Å². The Hall–Kier alpha value is -2.23. The summed E-state index contributed by atoms with van der Waals surface area (Å²) < 4.78 is 6.88. The molecule has 0 heterocycles. The Morgan fingerprint density at radius 1 is 0.897 bits per heavy atom. The van der Waals surface area contributed by atoms with Crippen LogP contribution in [0.2, 0.25) is 5.04 Å². The first-order chi connectivity index (χ1) is 13.8. The molecule has 0 aliphatic heterocycles. The maximum Gasteiger partial charge on any atom is 0.261 e. The summed E-state index contributed by atoms with van der Waals surface area (Å²) >= 11 is 0. The fourth-order valence-electron chi connectivity index (χ4n) is 3.75. The molecule has 0 saturated heterocycles. The molecule has 29 heavy (non-hydrogen) atoms. The molecule has 0 amide bonds. The second-order valence-corrected chi connectivity index (χ2v) is 12.9. The lowest BCUT2D eigenvalue weighted by Gasteiger charge is -2.42. The summed E-state index contributed by atoms with van der Waals surface area (Å²) in [6.07, 6.45) is 6.92. The van der Waals surface area contributed by atoms with Crippen LogP contribution < -0.4 is 10.4 Å². The van der Waals surface area contributed by atoms with Crippen LogP contribution in [0, 0.1) is 0 Å². The molecule has 154 valence electrons. The Balaban J connectivity index is 2.32. The van der Waals surface area contributed by atoms with E-state index in [0.717, 1.165) is 24.7 Å². The van der Waals surface area contributed by atoms with E-state index in [0.29, 0.717) is 6.61 Å². The van der Waals surface area contributed by atoms with Crippen molar-refractivity contribution in [2.24, 2.45) is 0 Å². The van der Waals surface area contributed by atoms with Gasteiger partial charge in [-0.05, 0) is 47.7 Å². The number of rotatable bonds is 9. The maximum absolute atomic E-state index is 10.7. The lowest BCUT2D eigenvalue weighted by atomic mass is 10.1. The molecule has 0 N–H and O–H groups in total. The van der Waals surface area contributed by atoms with E-state index >= 15 is 0 Å². The van der Waals surface area contributed by atoms with Crippen LogP contribution in [0.25, 0.3) is 0 Å². The van der Waals surface area contributed by atoms with E-state index in [9.17, 15) is 4.79 Å². The molecule has 0 aliphatic rings. The average molecular weight is 407 g/mol. The van der Waals surface area contributed by atoms with Crippen molar-refractivity contribution in [2.45, 2.75) is 52.5 Å². The number of aldehydes is 1. The Labute approximate surface area is 177 Å². The number of benzene rings is 2. The first kappa shape index (κ1) is 23.0. The molecule has 0 atom stereocenters. The van der Waals surface area contributed by atoms with Gasteiger partial charge in [0.2, 0.25) is 0 Å². The third-order valence-electron chi connectivity index (χ3n) is 5.34. The summed E-state index contributed by atoms with van der Waals surface area (Å²) in [7, 11) is -2.47. The van der Waals surface area contributed by atoms with E-state index in [1.54, 1.807) is 0 Å². The summed E-state index contributed by atoms with van der Waals surface area (Å²) in [4.78, 5) is 10.7. The van der Waals surface area contributed by atoms with E-state index in [1.165, 1.54) is 15.9 Å². The summed E-state index contributed by atoms with van der Waals surface area (Å²) in [6, 6.07) is 21.4. The zero-order valence-electron chi connectivity index (χ0n) is 18.4. The van der Waals surface area contributed by atoms with Gasteiger partial charge in [-0.25, -0.2) is 0 Å². The Morgan fingerprint density at radius 3 is 1.86 bits per heavy atom. The number of carbonyl (C=O) groups is 1. The molecule has 0 radical (unpaired) electrons. The van der Waals surface area contributed by atoms with Crippen LogP contribution in [0.4, 0.5) is 0 Å². The van der Waals surface area contributed by atoms with Gasteiger partial charge in [0.05, 0.1) is 6.61 Å². The highest BCUT2D eigenvalue weighted by molar-refractivity contribution is 6.99. The Bertz CT molecular complexity index is 791. The van der Waals surface area contributed by atoms with E-state index in [1.807, 2.05) is 13.0 Å². The highest BCUT2D eigenvalue weighted by Crippen LogP contribution is 2.36. The molecular formula is C26H34O2Si. The fourth-order valence-corrected chi connectivity index (χ4v) is 8.24. The minimum atomic E-state index is -2.47. The van der Waals surface area contributed by atoms with Crippen LogP contribution >= 0.6 is 0 Å². The normalized spacial score (nSPS) is 13.4. The van der Waals surface area contributed by atoms with Crippen molar-refractivity contribution in [3.63, 3.8) is 0 Å². The predicted octanol–water partition coefficient (Wildman–Crippen LogP) is 5.43. The monoisotopic (exact) mass is 406 g/mol. The summed E-state index contributed by atoms with van der Waals surface area (Å²) in [6.45, 7) is 11.5. The molecule has 2 aromatic carbocycles. The van der Waals surface area contributed by atoms with Gasteiger partial charge in [-0.2, -0.15) is 0 Å². The molecule has 0 unspecified atom stereocenters. The van der Waals surface area contributed by atoms with Crippen LogP contribution in [0.15, 0.2) is 84.0 Å². The Kier molecular flexibility index (Phi) is 8.36. The molecule has 0 spiro atoms. The van der Waals surface area contributed by atoms with Gasteiger partial charge in [-0.1, -0.05) is 99.2 Å². The van der Waals surface area contributed by atoms with Gasteiger partial charge in [0.25, 0.3) is 8.32 Å². The first-order valence-electron chi connectivity index (χ1n) is 10.3. The van der Waals surface area contributed by atoms with Gasteiger partial charge in [-0.3, -0.25) is 4.79 Å². The molecule has 2 aromatic rings. The molecular weight excluding hydrogens is 372 g/mol. The van der Waals surface area contributed by atoms with Gasteiger partial charge >= 0.3 is 0 Å². The summed E-state index contributed by atoms with van der Waals surface area (Å²) in [5.41, 5.74) is 2.08. The highest BCUT2D eigenvalue weighted by atomic mass is 28.4. The molecule has 3 heteroatoms. The van der Waals surface area contributed by atoms with Crippen LogP contribution in [0.1, 0.15) is 47.5 Å². The zero-order chi connectivity index (χ0) is 21.3. The van der Waals surface area contributed by atoms with Gasteiger partial charge in [0.15, 0.2) is 0 Å². The number of hydrogen-bond acceptors (Lipinski definition) is 2. The van der Waals surface area contributed by atoms with Crippen molar-refractivity contribution in [1.82, 2.24) is 0 Å². The number of allylic oxidation sites excluding steroid dienone is 3. The van der Waals surface area contributed by atoms with E-state index < -0.39 is 8.32 Å². The van der Waals surface area contributed by atoms with Gasteiger partial charge < -0.3 is 4.43 Å². The number of carbonyl (C=O) groups excluding carboxylic acids is 1. The fraction of sp³-hybridized carbons (Fsp3) is 0.346. The third kappa shape index (κ3) is 5.88. The van der Waals surface area contributed by atoms with Crippen molar-refractivity contribution < 1.29 is 9.22 Å². The molecule has 0 saturated carbocycles. The third-order valence-corrected chi connectivity index (χ3v) is 10.3. The van der Waals surface area contributed by atoms with Crippen LogP contribution in [0.5, 0.6) is 0 Å². The highest BCUT2D eigenvalue weighted by Gasteiger charge is 2.49. The largest absolute Gasteiger partial charge is 0.404 e. The molecule has 0 fully saturated rings. The lowest BCUT2D eigenvalue weighted by Crippen LogP contribution is -2.66.